The molecule has 2 N–H and O–H groups in total. The summed E-state index contributed by atoms with van der Waals surface area (Å²) in [6, 6.07) is 9.69. The molecule has 2 amide bonds. The average Bonchev–Trinajstić information content (AvgIpc) is 2.66. The van der Waals surface area contributed by atoms with Crippen LogP contribution in [0.5, 0.6) is 5.75 Å². The minimum absolute atomic E-state index is 0.0575. The molecule has 2 bridgehead atoms. The first-order chi connectivity index (χ1) is 14.1. The van der Waals surface area contributed by atoms with Gasteiger partial charge in [-0.05, 0) is 53.6 Å². The maximum atomic E-state index is 14.4. The Bertz CT molecular complexity index is 1050. The number of likely N-dealkylation sites (tertiary alicyclic amines) is 1. The zero-order chi connectivity index (χ0) is 21.8. The summed E-state index contributed by atoms with van der Waals surface area (Å²) < 4.78 is 14.4. The second kappa shape index (κ2) is 6.83. The number of hydrogen-bond donors (Lipinski definition) is 2. The number of phenols is 1. The third kappa shape index (κ3) is 2.89. The van der Waals surface area contributed by atoms with Gasteiger partial charge in [-0.25, -0.2) is 4.39 Å². The van der Waals surface area contributed by atoms with Gasteiger partial charge in [-0.1, -0.05) is 32.9 Å². The van der Waals surface area contributed by atoms with E-state index in [4.69, 9.17) is 0 Å². The van der Waals surface area contributed by atoms with Gasteiger partial charge in [-0.2, -0.15) is 0 Å². The molecular weight excluding hydrogens is 383 g/mol. The van der Waals surface area contributed by atoms with Gasteiger partial charge >= 0.3 is 0 Å². The van der Waals surface area contributed by atoms with Gasteiger partial charge in [-0.15, -0.1) is 0 Å². The molecule has 5 nitrogen and oxygen atoms in total. The molecule has 1 aliphatic carbocycles. The van der Waals surface area contributed by atoms with Crippen molar-refractivity contribution in [3.63, 3.8) is 0 Å². The number of fused-ring (bicyclic) bond motifs is 4. The molecule has 1 fully saturated rings. The lowest BCUT2D eigenvalue weighted by Crippen LogP contribution is -2.64. The predicted molar refractivity (Wildman–Crippen MR) is 113 cm³/mol. The average molecular weight is 410 g/mol. The topological polar surface area (TPSA) is 69.6 Å². The minimum Gasteiger partial charge on any atom is -0.508 e. The first kappa shape index (κ1) is 20.4. The lowest BCUT2D eigenvalue weighted by atomic mass is 9.51. The first-order valence-electron chi connectivity index (χ1n) is 10.3. The Balaban J connectivity index is 1.71. The van der Waals surface area contributed by atoms with Crippen LogP contribution >= 0.6 is 0 Å². The number of phenolic OH excluding ortho intramolecular Hbond substituents is 1. The van der Waals surface area contributed by atoms with Gasteiger partial charge in [0.2, 0.25) is 5.91 Å². The Kier molecular flexibility index (Phi) is 4.64. The summed E-state index contributed by atoms with van der Waals surface area (Å²) in [6.07, 6.45) is 1.31. The van der Waals surface area contributed by atoms with Gasteiger partial charge < -0.3 is 15.3 Å². The van der Waals surface area contributed by atoms with Gasteiger partial charge in [0.05, 0.1) is 5.69 Å². The van der Waals surface area contributed by atoms with Crippen LogP contribution in [-0.4, -0.2) is 34.4 Å². The van der Waals surface area contributed by atoms with Crippen molar-refractivity contribution in [3.05, 3.63) is 58.9 Å². The number of amides is 2. The molecule has 2 aromatic carbocycles. The third-order valence-electron chi connectivity index (χ3n) is 7.41. The molecule has 0 spiro atoms. The Morgan fingerprint density at radius 2 is 1.93 bits per heavy atom. The normalized spacial score (nSPS) is 24.2. The molecule has 0 aromatic heterocycles. The molecular formula is C24H27FN2O3. The molecule has 6 heteroatoms. The lowest BCUT2D eigenvalue weighted by molar-refractivity contribution is -0.114. The fourth-order valence-corrected chi connectivity index (χ4v) is 5.27. The molecule has 1 aliphatic heterocycles. The van der Waals surface area contributed by atoms with E-state index in [0.29, 0.717) is 13.0 Å². The summed E-state index contributed by atoms with van der Waals surface area (Å²) >= 11 is 0. The molecule has 2 atom stereocenters. The van der Waals surface area contributed by atoms with E-state index in [2.05, 4.69) is 32.2 Å². The molecule has 1 heterocycles. The minimum atomic E-state index is -0.635. The number of rotatable bonds is 2. The highest BCUT2D eigenvalue weighted by Crippen LogP contribution is 2.57. The number of anilines is 1. The van der Waals surface area contributed by atoms with Crippen LogP contribution in [0.3, 0.4) is 0 Å². The maximum Gasteiger partial charge on any atom is 0.254 e. The van der Waals surface area contributed by atoms with Crippen molar-refractivity contribution >= 4 is 17.5 Å². The molecule has 158 valence electrons. The van der Waals surface area contributed by atoms with E-state index in [1.54, 1.807) is 12.1 Å². The largest absolute Gasteiger partial charge is 0.508 e. The SMILES string of the molecule is CC(=O)Nc1ccc(C(=O)N2CC[C@@]3(C)c4cccc(O)c4C[C@@H]2C3(C)C)cc1F. The molecule has 2 aliphatic rings. The second-order valence-corrected chi connectivity index (χ2v) is 9.20. The Morgan fingerprint density at radius 1 is 1.20 bits per heavy atom. The molecule has 4 rings (SSSR count). The van der Waals surface area contributed by atoms with Gasteiger partial charge in [0.15, 0.2) is 0 Å². The summed E-state index contributed by atoms with van der Waals surface area (Å²) in [5.41, 5.74) is 1.96. The quantitative estimate of drug-likeness (QED) is 0.778. The molecule has 30 heavy (non-hydrogen) atoms. The zero-order valence-corrected chi connectivity index (χ0v) is 17.8. The number of nitrogens with one attached hydrogen (secondary N) is 1. The monoisotopic (exact) mass is 410 g/mol. The van der Waals surface area contributed by atoms with Crippen molar-refractivity contribution < 1.29 is 19.1 Å². The fourth-order valence-electron chi connectivity index (χ4n) is 5.27. The Hall–Kier alpha value is -2.89. The summed E-state index contributed by atoms with van der Waals surface area (Å²) in [5, 5.41) is 12.9. The fraction of sp³-hybridized carbons (Fsp3) is 0.417. The molecule has 2 aromatic rings. The Labute approximate surface area is 175 Å². The molecule has 1 saturated heterocycles. The molecule has 0 saturated carbocycles. The zero-order valence-electron chi connectivity index (χ0n) is 17.8. The van der Waals surface area contributed by atoms with E-state index in [1.807, 2.05) is 11.0 Å². The van der Waals surface area contributed by atoms with E-state index in [1.165, 1.54) is 19.1 Å². The van der Waals surface area contributed by atoms with Crippen molar-refractivity contribution in [2.24, 2.45) is 5.41 Å². The van der Waals surface area contributed by atoms with Gasteiger partial charge in [-0.3, -0.25) is 9.59 Å². The smallest absolute Gasteiger partial charge is 0.254 e. The maximum absolute atomic E-state index is 14.4. The van der Waals surface area contributed by atoms with E-state index in [0.717, 1.165) is 17.5 Å². The number of hydrogen-bond acceptors (Lipinski definition) is 3. The number of aromatic hydroxyl groups is 1. The van der Waals surface area contributed by atoms with Crippen molar-refractivity contribution in [1.82, 2.24) is 4.90 Å². The summed E-state index contributed by atoms with van der Waals surface area (Å²) in [4.78, 5) is 26.4. The summed E-state index contributed by atoms with van der Waals surface area (Å²) in [5.74, 6) is -0.976. The van der Waals surface area contributed by atoms with Crippen molar-refractivity contribution in [1.29, 1.82) is 0 Å². The van der Waals surface area contributed by atoms with Crippen LogP contribution in [0.4, 0.5) is 10.1 Å². The van der Waals surface area contributed by atoms with Crippen LogP contribution in [0.2, 0.25) is 0 Å². The summed E-state index contributed by atoms with van der Waals surface area (Å²) in [6.45, 7) is 8.42. The van der Waals surface area contributed by atoms with Crippen molar-refractivity contribution in [2.45, 2.75) is 52.0 Å². The Morgan fingerprint density at radius 3 is 2.60 bits per heavy atom. The van der Waals surface area contributed by atoms with E-state index in [-0.39, 0.29) is 45.7 Å². The van der Waals surface area contributed by atoms with Crippen LogP contribution in [-0.2, 0) is 16.6 Å². The number of piperidine rings is 1. The van der Waals surface area contributed by atoms with Crippen LogP contribution in [0.15, 0.2) is 36.4 Å². The van der Waals surface area contributed by atoms with E-state index >= 15 is 0 Å². The van der Waals surface area contributed by atoms with Crippen LogP contribution in [0, 0.1) is 11.2 Å². The molecule has 0 radical (unpaired) electrons. The van der Waals surface area contributed by atoms with Gasteiger partial charge in [0.1, 0.15) is 11.6 Å². The van der Waals surface area contributed by atoms with Crippen molar-refractivity contribution in [3.8, 4) is 5.75 Å². The number of carbonyl (C=O) groups excluding carboxylic acids is 2. The van der Waals surface area contributed by atoms with Gasteiger partial charge in [0.25, 0.3) is 5.91 Å². The second-order valence-electron chi connectivity index (χ2n) is 9.20. The van der Waals surface area contributed by atoms with Crippen LogP contribution < -0.4 is 5.32 Å². The van der Waals surface area contributed by atoms with E-state index in [9.17, 15) is 19.1 Å². The standard InChI is InChI=1S/C24H27FN2O3/c1-14(28)26-19-9-8-15(12-18(19)25)22(30)27-11-10-24(4)17-6-5-7-20(29)16(17)13-21(27)23(24,2)3/h5-9,12,21,29H,10-11,13H2,1-4H3,(H,26,28)/t21-,24+/m1/s1. The highest BCUT2D eigenvalue weighted by molar-refractivity contribution is 5.96. The van der Waals surface area contributed by atoms with Crippen LogP contribution in [0.25, 0.3) is 0 Å². The van der Waals surface area contributed by atoms with Crippen LogP contribution in [0.1, 0.15) is 55.6 Å². The number of nitrogens with zero attached hydrogens (tertiary/aromatic N) is 1. The first-order valence-corrected chi connectivity index (χ1v) is 10.3. The van der Waals surface area contributed by atoms with Crippen molar-refractivity contribution in [2.75, 3.05) is 11.9 Å². The number of carbonyl (C=O) groups is 2. The van der Waals surface area contributed by atoms with Gasteiger partial charge in [0, 0.05) is 30.5 Å². The summed E-state index contributed by atoms with van der Waals surface area (Å²) in [7, 11) is 0. The highest BCUT2D eigenvalue weighted by Gasteiger charge is 2.57. The van der Waals surface area contributed by atoms with E-state index < -0.39 is 5.82 Å². The lowest BCUT2D eigenvalue weighted by Gasteiger charge is -2.60. The number of benzene rings is 2. The molecule has 0 unspecified atom stereocenters. The highest BCUT2D eigenvalue weighted by atomic mass is 19.1. The predicted octanol–water partition coefficient (Wildman–Crippen LogP) is 4.24. The number of halogens is 1. The third-order valence-corrected chi connectivity index (χ3v) is 7.41.